The van der Waals surface area contributed by atoms with Gasteiger partial charge >= 0.3 is 5.97 Å². The van der Waals surface area contributed by atoms with Crippen molar-refractivity contribution in [2.45, 2.75) is 25.3 Å². The van der Waals surface area contributed by atoms with Crippen molar-refractivity contribution in [3.63, 3.8) is 0 Å². The van der Waals surface area contributed by atoms with Crippen molar-refractivity contribution in [1.29, 1.82) is 0 Å². The minimum absolute atomic E-state index is 0.254. The van der Waals surface area contributed by atoms with Crippen LogP contribution in [0.15, 0.2) is 12.1 Å². The van der Waals surface area contributed by atoms with Gasteiger partial charge in [-0.05, 0) is 25.0 Å². The lowest BCUT2D eigenvalue weighted by Crippen LogP contribution is -2.41. The number of halogens is 1. The Kier molecular flexibility index (Phi) is 4.61. The number of hydrogen-bond donors (Lipinski definition) is 0. The molecule has 7 heteroatoms. The highest BCUT2D eigenvalue weighted by Crippen LogP contribution is 2.38. The SMILES string of the molecule is COC(=O)[C@@H]1CCCN1C(=O)c1cc(Cl)c2c(c1)OCCCO2. The van der Waals surface area contributed by atoms with Crippen molar-refractivity contribution in [3.05, 3.63) is 22.7 Å². The average Bonchev–Trinajstić information content (AvgIpc) is 2.92. The summed E-state index contributed by atoms with van der Waals surface area (Å²) < 4.78 is 15.9. The highest BCUT2D eigenvalue weighted by Gasteiger charge is 2.35. The van der Waals surface area contributed by atoms with Gasteiger partial charge in [-0.25, -0.2) is 4.79 Å². The topological polar surface area (TPSA) is 65.1 Å². The van der Waals surface area contributed by atoms with Gasteiger partial charge in [-0.1, -0.05) is 11.6 Å². The number of ether oxygens (including phenoxy) is 3. The Balaban J connectivity index is 1.89. The highest BCUT2D eigenvalue weighted by molar-refractivity contribution is 6.32. The minimum Gasteiger partial charge on any atom is -0.489 e. The standard InChI is InChI=1S/C16H18ClNO5/c1-21-16(20)12-4-2-5-18(12)15(19)10-8-11(17)14-13(9-10)22-6-3-7-23-14/h8-9,12H,2-7H2,1H3/t12-/m0/s1. The Labute approximate surface area is 139 Å². The Hall–Kier alpha value is -1.95. The van der Waals surface area contributed by atoms with Gasteiger partial charge in [0.1, 0.15) is 6.04 Å². The van der Waals surface area contributed by atoms with E-state index in [1.807, 2.05) is 0 Å². The van der Waals surface area contributed by atoms with Crippen molar-refractivity contribution in [2.24, 2.45) is 0 Å². The molecule has 6 nitrogen and oxygen atoms in total. The van der Waals surface area contributed by atoms with E-state index in [0.29, 0.717) is 48.3 Å². The Morgan fingerprint density at radius 2 is 2.04 bits per heavy atom. The van der Waals surface area contributed by atoms with E-state index in [9.17, 15) is 9.59 Å². The molecule has 1 aromatic carbocycles. The van der Waals surface area contributed by atoms with E-state index in [2.05, 4.69) is 0 Å². The first kappa shape index (κ1) is 15.9. The molecule has 3 rings (SSSR count). The van der Waals surface area contributed by atoms with Crippen LogP contribution in [0.1, 0.15) is 29.6 Å². The summed E-state index contributed by atoms with van der Waals surface area (Å²) in [6.45, 7) is 1.55. The number of methoxy groups -OCH3 is 1. The lowest BCUT2D eigenvalue weighted by atomic mass is 10.1. The number of hydrogen-bond acceptors (Lipinski definition) is 5. The molecule has 0 saturated carbocycles. The number of benzene rings is 1. The molecule has 2 heterocycles. The van der Waals surface area contributed by atoms with Gasteiger partial charge in [0.05, 0.1) is 25.3 Å². The summed E-state index contributed by atoms with van der Waals surface area (Å²) in [6, 6.07) is 2.65. The number of likely N-dealkylation sites (tertiary alicyclic amines) is 1. The maximum Gasteiger partial charge on any atom is 0.328 e. The smallest absolute Gasteiger partial charge is 0.328 e. The predicted molar refractivity (Wildman–Crippen MR) is 83.1 cm³/mol. The summed E-state index contributed by atoms with van der Waals surface area (Å²) in [6.07, 6.45) is 2.13. The molecule has 124 valence electrons. The van der Waals surface area contributed by atoms with E-state index in [0.717, 1.165) is 12.8 Å². The molecule has 1 saturated heterocycles. The van der Waals surface area contributed by atoms with E-state index < -0.39 is 12.0 Å². The first-order valence-electron chi connectivity index (χ1n) is 7.59. The number of carbonyl (C=O) groups is 2. The molecule has 1 aromatic rings. The Bertz CT molecular complexity index is 633. The molecule has 0 aliphatic carbocycles. The molecule has 2 aliphatic heterocycles. The van der Waals surface area contributed by atoms with E-state index >= 15 is 0 Å². The van der Waals surface area contributed by atoms with E-state index in [1.54, 1.807) is 12.1 Å². The molecule has 0 radical (unpaired) electrons. The van der Waals surface area contributed by atoms with Crippen LogP contribution < -0.4 is 9.47 Å². The second-order valence-electron chi connectivity index (χ2n) is 5.52. The molecule has 1 fully saturated rings. The zero-order chi connectivity index (χ0) is 16.4. The van der Waals surface area contributed by atoms with Crippen LogP contribution in [-0.4, -0.2) is 49.7 Å². The van der Waals surface area contributed by atoms with Crippen molar-refractivity contribution in [3.8, 4) is 11.5 Å². The summed E-state index contributed by atoms with van der Waals surface area (Å²) in [5.41, 5.74) is 0.384. The molecule has 0 aromatic heterocycles. The van der Waals surface area contributed by atoms with Crippen LogP contribution in [0, 0.1) is 0 Å². The predicted octanol–water partition coefficient (Wildman–Crippen LogP) is 2.28. The van der Waals surface area contributed by atoms with Crippen LogP contribution in [0.2, 0.25) is 5.02 Å². The fourth-order valence-electron chi connectivity index (χ4n) is 2.91. The molecule has 0 N–H and O–H groups in total. The normalized spacial score (nSPS) is 20.1. The van der Waals surface area contributed by atoms with Crippen molar-refractivity contribution in [1.82, 2.24) is 4.90 Å². The average molecular weight is 340 g/mol. The van der Waals surface area contributed by atoms with Gasteiger partial charge in [0, 0.05) is 18.5 Å². The number of esters is 1. The number of amides is 1. The van der Waals surface area contributed by atoms with Gasteiger partial charge < -0.3 is 19.1 Å². The van der Waals surface area contributed by atoms with Crippen LogP contribution in [0.4, 0.5) is 0 Å². The van der Waals surface area contributed by atoms with Gasteiger partial charge in [0.15, 0.2) is 11.5 Å². The quantitative estimate of drug-likeness (QED) is 0.773. The monoisotopic (exact) mass is 339 g/mol. The zero-order valence-corrected chi connectivity index (χ0v) is 13.6. The van der Waals surface area contributed by atoms with Gasteiger partial charge in [-0.3, -0.25) is 4.79 Å². The van der Waals surface area contributed by atoms with Crippen LogP contribution in [0.5, 0.6) is 11.5 Å². The Morgan fingerprint density at radius 3 is 2.83 bits per heavy atom. The summed E-state index contributed by atoms with van der Waals surface area (Å²) >= 11 is 6.23. The fraction of sp³-hybridized carbons (Fsp3) is 0.500. The van der Waals surface area contributed by atoms with Crippen LogP contribution in [0.25, 0.3) is 0 Å². The van der Waals surface area contributed by atoms with E-state index in [-0.39, 0.29) is 5.91 Å². The van der Waals surface area contributed by atoms with Crippen LogP contribution in [0.3, 0.4) is 0 Å². The second-order valence-corrected chi connectivity index (χ2v) is 5.92. The first-order valence-corrected chi connectivity index (χ1v) is 7.97. The summed E-state index contributed by atoms with van der Waals surface area (Å²) in [5, 5.41) is 0.335. The fourth-order valence-corrected chi connectivity index (χ4v) is 3.18. The van der Waals surface area contributed by atoms with E-state index in [4.69, 9.17) is 25.8 Å². The zero-order valence-electron chi connectivity index (χ0n) is 12.8. The lowest BCUT2D eigenvalue weighted by Gasteiger charge is -2.23. The molecule has 2 aliphatic rings. The van der Waals surface area contributed by atoms with Crippen molar-refractivity contribution < 1.29 is 23.8 Å². The van der Waals surface area contributed by atoms with Crippen molar-refractivity contribution in [2.75, 3.05) is 26.9 Å². The summed E-state index contributed by atoms with van der Waals surface area (Å²) in [5.74, 6) is 0.283. The summed E-state index contributed by atoms with van der Waals surface area (Å²) in [4.78, 5) is 26.1. The highest BCUT2D eigenvalue weighted by atomic mass is 35.5. The number of carbonyl (C=O) groups excluding carboxylic acids is 2. The van der Waals surface area contributed by atoms with Gasteiger partial charge in [-0.2, -0.15) is 0 Å². The largest absolute Gasteiger partial charge is 0.489 e. The number of nitrogens with zero attached hydrogens (tertiary/aromatic N) is 1. The first-order chi connectivity index (χ1) is 11.1. The molecule has 0 bridgehead atoms. The summed E-state index contributed by atoms with van der Waals surface area (Å²) in [7, 11) is 1.33. The molecule has 1 atom stereocenters. The molecule has 0 spiro atoms. The van der Waals surface area contributed by atoms with Crippen LogP contribution >= 0.6 is 11.6 Å². The maximum absolute atomic E-state index is 12.8. The molecule has 23 heavy (non-hydrogen) atoms. The van der Waals surface area contributed by atoms with E-state index in [1.165, 1.54) is 12.0 Å². The lowest BCUT2D eigenvalue weighted by molar-refractivity contribution is -0.145. The molecule has 0 unspecified atom stereocenters. The molecular formula is C16H18ClNO5. The molecule has 1 amide bonds. The van der Waals surface area contributed by atoms with Gasteiger partial charge in [-0.15, -0.1) is 0 Å². The second kappa shape index (κ2) is 6.66. The third-order valence-electron chi connectivity index (χ3n) is 4.04. The third kappa shape index (κ3) is 3.08. The number of fused-ring (bicyclic) bond motifs is 1. The Morgan fingerprint density at radius 1 is 1.26 bits per heavy atom. The number of rotatable bonds is 2. The molecular weight excluding hydrogens is 322 g/mol. The van der Waals surface area contributed by atoms with Crippen LogP contribution in [-0.2, 0) is 9.53 Å². The maximum atomic E-state index is 12.8. The van der Waals surface area contributed by atoms with Gasteiger partial charge in [0.25, 0.3) is 5.91 Å². The van der Waals surface area contributed by atoms with Gasteiger partial charge in [0.2, 0.25) is 0 Å². The third-order valence-corrected chi connectivity index (χ3v) is 4.32. The minimum atomic E-state index is -0.540. The van der Waals surface area contributed by atoms with Crippen molar-refractivity contribution >= 4 is 23.5 Å².